The van der Waals surface area contributed by atoms with E-state index in [0.717, 1.165) is 10.2 Å². The lowest BCUT2D eigenvalue weighted by atomic mass is 10.1. The van der Waals surface area contributed by atoms with Crippen molar-refractivity contribution in [1.29, 1.82) is 0 Å². The van der Waals surface area contributed by atoms with Crippen LogP contribution in [0.5, 0.6) is 11.5 Å². The van der Waals surface area contributed by atoms with Crippen molar-refractivity contribution in [3.63, 3.8) is 0 Å². The number of ether oxygens (including phenoxy) is 2. The Morgan fingerprint density at radius 1 is 0.935 bits per heavy atom. The molecule has 160 valence electrons. The van der Waals surface area contributed by atoms with E-state index in [-0.39, 0.29) is 11.8 Å². The second kappa shape index (κ2) is 11.2. The van der Waals surface area contributed by atoms with Crippen molar-refractivity contribution in [2.45, 2.75) is 12.8 Å². The monoisotopic (exact) mass is 482 g/mol. The molecule has 2 N–H and O–H groups in total. The van der Waals surface area contributed by atoms with Crippen molar-refractivity contribution in [2.75, 3.05) is 24.4 Å². The van der Waals surface area contributed by atoms with E-state index in [1.807, 2.05) is 36.4 Å². The van der Waals surface area contributed by atoms with Gasteiger partial charge < -0.3 is 20.1 Å². The van der Waals surface area contributed by atoms with Crippen LogP contribution < -0.4 is 20.1 Å². The van der Waals surface area contributed by atoms with E-state index in [0.29, 0.717) is 42.1 Å². The first kappa shape index (κ1) is 22.4. The van der Waals surface area contributed by atoms with Gasteiger partial charge in [0.2, 0.25) is 5.91 Å². The minimum absolute atomic E-state index is 0.107. The number of para-hydroxylation sites is 2. The Balaban J connectivity index is 1.45. The predicted octanol–water partition coefficient (Wildman–Crippen LogP) is 5.51. The fourth-order valence-corrected chi connectivity index (χ4v) is 3.23. The maximum Gasteiger partial charge on any atom is 0.255 e. The summed E-state index contributed by atoms with van der Waals surface area (Å²) in [4.78, 5) is 24.6. The molecule has 0 atom stereocenters. The van der Waals surface area contributed by atoms with Crippen LogP contribution in [0.3, 0.4) is 0 Å². The third-order valence-electron chi connectivity index (χ3n) is 4.40. The summed E-state index contributed by atoms with van der Waals surface area (Å²) in [6.07, 6.45) is 0.932. The van der Waals surface area contributed by atoms with Gasteiger partial charge in [-0.2, -0.15) is 0 Å². The number of methoxy groups -OCH3 is 1. The van der Waals surface area contributed by atoms with Crippen LogP contribution in [-0.4, -0.2) is 25.5 Å². The van der Waals surface area contributed by atoms with Crippen LogP contribution in [0.15, 0.2) is 77.3 Å². The van der Waals surface area contributed by atoms with Crippen LogP contribution in [0, 0.1) is 0 Å². The first-order chi connectivity index (χ1) is 15.0. The Morgan fingerprint density at radius 3 is 2.45 bits per heavy atom. The molecule has 0 aliphatic rings. The highest BCUT2D eigenvalue weighted by molar-refractivity contribution is 9.10. The SMILES string of the molecule is COc1ccccc1NC(=O)c1ccc(NC(=O)CCCOc2cccc(Br)c2)cc1. The van der Waals surface area contributed by atoms with Crippen molar-refractivity contribution in [3.05, 3.63) is 82.8 Å². The van der Waals surface area contributed by atoms with Gasteiger partial charge in [-0.3, -0.25) is 9.59 Å². The molecule has 31 heavy (non-hydrogen) atoms. The van der Waals surface area contributed by atoms with Gasteiger partial charge in [-0.15, -0.1) is 0 Å². The molecule has 3 rings (SSSR count). The largest absolute Gasteiger partial charge is 0.495 e. The number of hydrogen-bond donors (Lipinski definition) is 2. The van der Waals surface area contributed by atoms with Crippen molar-refractivity contribution in [3.8, 4) is 11.5 Å². The Hall–Kier alpha value is -3.32. The maximum atomic E-state index is 12.5. The van der Waals surface area contributed by atoms with E-state index >= 15 is 0 Å². The Morgan fingerprint density at radius 2 is 1.71 bits per heavy atom. The number of nitrogens with one attached hydrogen (secondary N) is 2. The van der Waals surface area contributed by atoms with Crippen LogP contribution in [0.25, 0.3) is 0 Å². The molecular weight excluding hydrogens is 460 g/mol. The summed E-state index contributed by atoms with van der Waals surface area (Å²) < 4.78 is 11.8. The van der Waals surface area contributed by atoms with Crippen molar-refractivity contribution in [2.24, 2.45) is 0 Å². The fourth-order valence-electron chi connectivity index (χ4n) is 2.85. The smallest absolute Gasteiger partial charge is 0.255 e. The van der Waals surface area contributed by atoms with E-state index in [4.69, 9.17) is 9.47 Å². The predicted molar refractivity (Wildman–Crippen MR) is 125 cm³/mol. The lowest BCUT2D eigenvalue weighted by Crippen LogP contribution is -2.14. The standard InChI is InChI=1S/C24H23BrN2O4/c1-30-22-9-3-2-8-21(22)27-24(29)17-11-13-19(14-12-17)26-23(28)10-5-15-31-20-7-4-6-18(25)16-20/h2-4,6-9,11-14,16H,5,10,15H2,1H3,(H,26,28)(H,27,29). The molecule has 0 bridgehead atoms. The first-order valence-electron chi connectivity index (χ1n) is 9.78. The van der Waals surface area contributed by atoms with Gasteiger partial charge in [-0.1, -0.05) is 34.1 Å². The highest BCUT2D eigenvalue weighted by Crippen LogP contribution is 2.24. The first-order valence-corrected chi connectivity index (χ1v) is 10.6. The average Bonchev–Trinajstić information content (AvgIpc) is 2.77. The van der Waals surface area contributed by atoms with Gasteiger partial charge in [0.25, 0.3) is 5.91 Å². The molecule has 0 saturated heterocycles. The highest BCUT2D eigenvalue weighted by atomic mass is 79.9. The number of hydrogen-bond acceptors (Lipinski definition) is 4. The zero-order valence-electron chi connectivity index (χ0n) is 17.1. The van der Waals surface area contributed by atoms with Gasteiger partial charge in [0.15, 0.2) is 0 Å². The summed E-state index contributed by atoms with van der Waals surface area (Å²) in [5, 5.41) is 5.65. The summed E-state index contributed by atoms with van der Waals surface area (Å²) >= 11 is 3.39. The number of carbonyl (C=O) groups is 2. The van der Waals surface area contributed by atoms with Crippen LogP contribution in [0.2, 0.25) is 0 Å². The summed E-state index contributed by atoms with van der Waals surface area (Å²) in [5.74, 6) is 0.983. The molecular formula is C24H23BrN2O4. The molecule has 2 amide bonds. The van der Waals surface area contributed by atoms with Gasteiger partial charge in [0, 0.05) is 22.1 Å². The van der Waals surface area contributed by atoms with E-state index in [2.05, 4.69) is 26.6 Å². The Labute approximate surface area is 189 Å². The van der Waals surface area contributed by atoms with Gasteiger partial charge in [-0.05, 0) is 61.0 Å². The molecule has 0 aliphatic heterocycles. The second-order valence-corrected chi connectivity index (χ2v) is 7.60. The molecule has 3 aromatic carbocycles. The van der Waals surface area contributed by atoms with Gasteiger partial charge in [-0.25, -0.2) is 0 Å². The van der Waals surface area contributed by atoms with Crippen LogP contribution in [0.4, 0.5) is 11.4 Å². The molecule has 0 aliphatic carbocycles. The van der Waals surface area contributed by atoms with Crippen LogP contribution in [-0.2, 0) is 4.79 Å². The van der Waals surface area contributed by atoms with E-state index in [9.17, 15) is 9.59 Å². The number of anilines is 2. The van der Waals surface area contributed by atoms with Crippen LogP contribution >= 0.6 is 15.9 Å². The molecule has 0 heterocycles. The number of benzene rings is 3. The fraction of sp³-hybridized carbons (Fsp3) is 0.167. The third kappa shape index (κ3) is 6.86. The molecule has 0 unspecified atom stereocenters. The van der Waals surface area contributed by atoms with Crippen LogP contribution in [0.1, 0.15) is 23.2 Å². The van der Waals surface area contributed by atoms with Gasteiger partial charge in [0.05, 0.1) is 19.4 Å². The number of amides is 2. The summed E-state index contributed by atoms with van der Waals surface area (Å²) in [6, 6.07) is 21.5. The minimum Gasteiger partial charge on any atom is -0.495 e. The second-order valence-electron chi connectivity index (χ2n) is 6.69. The number of rotatable bonds is 9. The highest BCUT2D eigenvalue weighted by Gasteiger charge is 2.10. The van der Waals surface area contributed by atoms with E-state index in [1.54, 1.807) is 43.5 Å². The van der Waals surface area contributed by atoms with E-state index < -0.39 is 0 Å². The zero-order valence-corrected chi connectivity index (χ0v) is 18.6. The lowest BCUT2D eigenvalue weighted by molar-refractivity contribution is -0.116. The number of carbonyl (C=O) groups excluding carboxylic acids is 2. The van der Waals surface area contributed by atoms with E-state index in [1.165, 1.54) is 0 Å². The maximum absolute atomic E-state index is 12.5. The molecule has 0 spiro atoms. The molecule has 7 heteroatoms. The molecule has 0 aromatic heterocycles. The van der Waals surface area contributed by atoms with Crippen molar-refractivity contribution >= 4 is 39.1 Å². The Kier molecular flexibility index (Phi) is 8.06. The van der Waals surface area contributed by atoms with Crippen molar-refractivity contribution < 1.29 is 19.1 Å². The summed E-state index contributed by atoms with van der Waals surface area (Å²) in [7, 11) is 1.55. The topological polar surface area (TPSA) is 76.7 Å². The molecule has 6 nitrogen and oxygen atoms in total. The normalized spacial score (nSPS) is 10.3. The lowest BCUT2D eigenvalue weighted by Gasteiger charge is -2.10. The quantitative estimate of drug-likeness (QED) is 0.394. The van der Waals surface area contributed by atoms with Crippen molar-refractivity contribution in [1.82, 2.24) is 0 Å². The zero-order chi connectivity index (χ0) is 22.1. The third-order valence-corrected chi connectivity index (χ3v) is 4.89. The number of halogens is 1. The minimum atomic E-state index is -0.257. The Bertz CT molecular complexity index is 1040. The average molecular weight is 483 g/mol. The molecule has 0 fully saturated rings. The molecule has 0 saturated carbocycles. The summed E-state index contributed by atoms with van der Waals surface area (Å²) in [5.41, 5.74) is 1.70. The molecule has 3 aromatic rings. The van der Waals surface area contributed by atoms with Gasteiger partial charge >= 0.3 is 0 Å². The molecule has 0 radical (unpaired) electrons. The summed E-state index contributed by atoms with van der Waals surface area (Å²) in [6.45, 7) is 0.450. The van der Waals surface area contributed by atoms with Gasteiger partial charge in [0.1, 0.15) is 11.5 Å².